The van der Waals surface area contributed by atoms with E-state index in [9.17, 15) is 0 Å². The van der Waals surface area contributed by atoms with Crippen LogP contribution in [0, 0.1) is 0 Å². The normalized spacial score (nSPS) is 22.4. The molecule has 1 aliphatic heterocycles. The number of hydrogen-bond donors (Lipinski definition) is 0. The molecule has 2 rings (SSSR count). The zero-order chi connectivity index (χ0) is 9.97. The standard InChI is InChI=1S/C9H12BrN3O/c1-7-5-14-3-2-13(7)9-4-8(10)11-6-12-9/h4,6-7H,2-3,5H2,1H3. The van der Waals surface area contributed by atoms with Crippen molar-refractivity contribution in [2.45, 2.75) is 13.0 Å². The Morgan fingerprint density at radius 2 is 2.43 bits per heavy atom. The van der Waals surface area contributed by atoms with Crippen LogP contribution in [0.2, 0.25) is 0 Å². The van der Waals surface area contributed by atoms with Gasteiger partial charge in [-0.1, -0.05) is 0 Å². The summed E-state index contributed by atoms with van der Waals surface area (Å²) in [5.74, 6) is 0.961. The van der Waals surface area contributed by atoms with Gasteiger partial charge in [-0.3, -0.25) is 0 Å². The lowest BCUT2D eigenvalue weighted by molar-refractivity contribution is 0.0985. The van der Waals surface area contributed by atoms with Gasteiger partial charge < -0.3 is 9.64 Å². The van der Waals surface area contributed by atoms with Crippen molar-refractivity contribution in [1.82, 2.24) is 9.97 Å². The first-order valence-corrected chi connectivity index (χ1v) is 5.38. The summed E-state index contributed by atoms with van der Waals surface area (Å²) < 4.78 is 6.19. The summed E-state index contributed by atoms with van der Waals surface area (Å²) in [4.78, 5) is 10.5. The number of halogens is 1. The van der Waals surface area contributed by atoms with Gasteiger partial charge in [-0.2, -0.15) is 0 Å². The quantitative estimate of drug-likeness (QED) is 0.715. The highest BCUT2D eigenvalue weighted by Crippen LogP contribution is 2.18. The molecule has 1 fully saturated rings. The van der Waals surface area contributed by atoms with Gasteiger partial charge in [0.1, 0.15) is 16.7 Å². The largest absolute Gasteiger partial charge is 0.377 e. The lowest BCUT2D eigenvalue weighted by atomic mass is 10.2. The highest BCUT2D eigenvalue weighted by atomic mass is 79.9. The molecular formula is C9H12BrN3O. The second kappa shape index (κ2) is 4.23. The molecule has 1 unspecified atom stereocenters. The number of ether oxygens (including phenoxy) is 1. The van der Waals surface area contributed by atoms with Crippen molar-refractivity contribution in [3.63, 3.8) is 0 Å². The maximum atomic E-state index is 5.37. The van der Waals surface area contributed by atoms with Crippen LogP contribution in [0.15, 0.2) is 17.0 Å². The molecule has 2 heterocycles. The third kappa shape index (κ3) is 2.04. The maximum absolute atomic E-state index is 5.37. The maximum Gasteiger partial charge on any atom is 0.133 e. The molecule has 76 valence electrons. The van der Waals surface area contributed by atoms with Crippen LogP contribution < -0.4 is 4.90 Å². The van der Waals surface area contributed by atoms with Crippen LogP contribution in [-0.4, -0.2) is 35.8 Å². The van der Waals surface area contributed by atoms with E-state index >= 15 is 0 Å². The highest BCUT2D eigenvalue weighted by Gasteiger charge is 2.19. The molecule has 1 aliphatic rings. The Hall–Kier alpha value is -0.680. The SMILES string of the molecule is CC1COCCN1c1cc(Br)ncn1. The summed E-state index contributed by atoms with van der Waals surface area (Å²) >= 11 is 3.34. The Balaban J connectivity index is 2.20. The van der Waals surface area contributed by atoms with Crippen LogP contribution in [0.1, 0.15) is 6.92 Å². The molecule has 0 N–H and O–H groups in total. The van der Waals surface area contributed by atoms with E-state index in [0.29, 0.717) is 6.04 Å². The zero-order valence-corrected chi connectivity index (χ0v) is 9.57. The van der Waals surface area contributed by atoms with Crippen LogP contribution in [-0.2, 0) is 4.74 Å². The second-order valence-electron chi connectivity index (χ2n) is 3.32. The molecule has 5 heteroatoms. The molecule has 1 saturated heterocycles. The zero-order valence-electron chi connectivity index (χ0n) is 7.98. The number of nitrogens with zero attached hydrogens (tertiary/aromatic N) is 3. The van der Waals surface area contributed by atoms with Crippen LogP contribution in [0.3, 0.4) is 0 Å². The van der Waals surface area contributed by atoms with Gasteiger partial charge in [0, 0.05) is 12.6 Å². The Labute approximate surface area is 91.4 Å². The van der Waals surface area contributed by atoms with Crippen molar-refractivity contribution in [3.8, 4) is 0 Å². The number of aromatic nitrogens is 2. The molecular weight excluding hydrogens is 246 g/mol. The molecule has 0 amide bonds. The van der Waals surface area contributed by atoms with Crippen LogP contribution >= 0.6 is 15.9 Å². The molecule has 14 heavy (non-hydrogen) atoms. The molecule has 1 aromatic heterocycles. The fourth-order valence-corrected chi connectivity index (χ4v) is 1.85. The summed E-state index contributed by atoms with van der Waals surface area (Å²) in [6.45, 7) is 4.56. The van der Waals surface area contributed by atoms with E-state index in [1.165, 1.54) is 0 Å². The lowest BCUT2D eigenvalue weighted by Gasteiger charge is -2.34. The van der Waals surface area contributed by atoms with Crippen molar-refractivity contribution in [1.29, 1.82) is 0 Å². The number of anilines is 1. The van der Waals surface area contributed by atoms with Crippen molar-refractivity contribution >= 4 is 21.7 Å². The van der Waals surface area contributed by atoms with Crippen molar-refractivity contribution in [2.75, 3.05) is 24.7 Å². The van der Waals surface area contributed by atoms with Crippen molar-refractivity contribution in [3.05, 3.63) is 17.0 Å². The van der Waals surface area contributed by atoms with Crippen LogP contribution in [0.5, 0.6) is 0 Å². The van der Waals surface area contributed by atoms with Gasteiger partial charge in [0.25, 0.3) is 0 Å². The number of rotatable bonds is 1. The van der Waals surface area contributed by atoms with Crippen molar-refractivity contribution in [2.24, 2.45) is 0 Å². The molecule has 1 atom stereocenters. The van der Waals surface area contributed by atoms with E-state index < -0.39 is 0 Å². The molecule has 4 nitrogen and oxygen atoms in total. The number of morpholine rings is 1. The first kappa shape index (κ1) is 9.86. The topological polar surface area (TPSA) is 38.2 Å². The fourth-order valence-electron chi connectivity index (χ4n) is 1.55. The molecule has 0 aliphatic carbocycles. The predicted molar refractivity (Wildman–Crippen MR) is 57.4 cm³/mol. The van der Waals surface area contributed by atoms with E-state index in [1.807, 2.05) is 6.07 Å². The van der Waals surface area contributed by atoms with Gasteiger partial charge in [-0.05, 0) is 22.9 Å². The monoisotopic (exact) mass is 257 g/mol. The average molecular weight is 258 g/mol. The summed E-state index contributed by atoms with van der Waals surface area (Å²) in [6, 6.07) is 2.31. The Bertz CT molecular complexity index is 321. The van der Waals surface area contributed by atoms with E-state index in [2.05, 4.69) is 37.7 Å². The van der Waals surface area contributed by atoms with Crippen LogP contribution in [0.4, 0.5) is 5.82 Å². The molecule has 1 aromatic rings. The van der Waals surface area contributed by atoms with Gasteiger partial charge in [0.15, 0.2) is 0 Å². The average Bonchev–Trinajstić information content (AvgIpc) is 2.18. The Kier molecular flexibility index (Phi) is 2.98. The molecule has 0 spiro atoms. The minimum absolute atomic E-state index is 0.380. The fraction of sp³-hybridized carbons (Fsp3) is 0.556. The summed E-state index contributed by atoms with van der Waals surface area (Å²) in [7, 11) is 0. The van der Waals surface area contributed by atoms with E-state index in [1.54, 1.807) is 6.33 Å². The summed E-state index contributed by atoms with van der Waals surface area (Å²) in [5, 5.41) is 0. The van der Waals surface area contributed by atoms with E-state index in [4.69, 9.17) is 4.74 Å². The predicted octanol–water partition coefficient (Wildman–Crippen LogP) is 1.46. The molecule has 0 saturated carbocycles. The molecule has 0 radical (unpaired) electrons. The number of hydrogen-bond acceptors (Lipinski definition) is 4. The molecule has 0 bridgehead atoms. The van der Waals surface area contributed by atoms with Gasteiger partial charge >= 0.3 is 0 Å². The third-order valence-electron chi connectivity index (χ3n) is 2.28. The van der Waals surface area contributed by atoms with Gasteiger partial charge in [0.05, 0.1) is 19.3 Å². The lowest BCUT2D eigenvalue weighted by Crippen LogP contribution is -2.44. The van der Waals surface area contributed by atoms with E-state index in [-0.39, 0.29) is 0 Å². The van der Waals surface area contributed by atoms with Gasteiger partial charge in [0.2, 0.25) is 0 Å². The minimum atomic E-state index is 0.380. The Morgan fingerprint density at radius 1 is 1.57 bits per heavy atom. The smallest absolute Gasteiger partial charge is 0.133 e. The van der Waals surface area contributed by atoms with Crippen LogP contribution in [0.25, 0.3) is 0 Å². The van der Waals surface area contributed by atoms with Gasteiger partial charge in [-0.25, -0.2) is 9.97 Å². The van der Waals surface area contributed by atoms with E-state index in [0.717, 1.165) is 30.2 Å². The summed E-state index contributed by atoms with van der Waals surface area (Å²) in [6.07, 6.45) is 1.57. The highest BCUT2D eigenvalue weighted by molar-refractivity contribution is 9.10. The van der Waals surface area contributed by atoms with Crippen molar-refractivity contribution < 1.29 is 4.74 Å². The summed E-state index contributed by atoms with van der Waals surface area (Å²) in [5.41, 5.74) is 0. The second-order valence-corrected chi connectivity index (χ2v) is 4.13. The first-order chi connectivity index (χ1) is 6.77. The Morgan fingerprint density at radius 3 is 3.14 bits per heavy atom. The van der Waals surface area contributed by atoms with Gasteiger partial charge in [-0.15, -0.1) is 0 Å². The minimum Gasteiger partial charge on any atom is -0.377 e. The third-order valence-corrected chi connectivity index (χ3v) is 2.71. The first-order valence-electron chi connectivity index (χ1n) is 4.59. The molecule has 0 aromatic carbocycles.